The van der Waals surface area contributed by atoms with E-state index in [0.717, 1.165) is 46.2 Å². The van der Waals surface area contributed by atoms with Crippen LogP contribution < -0.4 is 10.2 Å². The number of benzene rings is 2. The zero-order valence-corrected chi connectivity index (χ0v) is 18.9. The van der Waals surface area contributed by atoms with E-state index in [2.05, 4.69) is 11.4 Å². The summed E-state index contributed by atoms with van der Waals surface area (Å²) in [5.41, 5.74) is 1.23. The molecule has 33 heavy (non-hydrogen) atoms. The number of halogens is 3. The normalized spacial score (nSPS) is 20.3. The molecule has 178 valence electrons. The van der Waals surface area contributed by atoms with Crippen LogP contribution in [0.4, 0.5) is 13.2 Å². The average molecular weight is 483 g/mol. The molecule has 1 aliphatic heterocycles. The Balaban J connectivity index is 1.36. The molecule has 0 spiro atoms. The van der Waals surface area contributed by atoms with Crippen molar-refractivity contribution in [3.8, 4) is 0 Å². The molecule has 0 saturated carbocycles. The Morgan fingerprint density at radius 3 is 2.45 bits per heavy atom. The fourth-order valence-electron chi connectivity index (χ4n) is 4.66. The molecule has 1 saturated heterocycles. The summed E-state index contributed by atoms with van der Waals surface area (Å²) in [4.78, 5) is 12.8. The first-order chi connectivity index (χ1) is 15.7. The van der Waals surface area contributed by atoms with Crippen molar-refractivity contribution in [2.24, 2.45) is 0 Å². The third kappa shape index (κ3) is 5.23. The molecule has 0 unspecified atom stereocenters. The molecule has 0 aromatic heterocycles. The van der Waals surface area contributed by atoms with Crippen LogP contribution in [0.3, 0.4) is 0 Å². The second-order valence-electron chi connectivity index (χ2n) is 8.54. The van der Waals surface area contributed by atoms with Crippen molar-refractivity contribution in [2.45, 2.75) is 36.4 Å². The van der Waals surface area contributed by atoms with E-state index >= 15 is 0 Å². The van der Waals surface area contributed by atoms with E-state index in [1.165, 1.54) is 17.7 Å². The van der Waals surface area contributed by atoms with Gasteiger partial charge in [-0.1, -0.05) is 36.4 Å². The number of rotatable bonds is 5. The van der Waals surface area contributed by atoms with Crippen LogP contribution in [-0.2, 0) is 27.4 Å². The minimum Gasteiger partial charge on any atom is -0.344 e. The Kier molecular flexibility index (Phi) is 6.78. The number of hydrogen-bond acceptors (Lipinski definition) is 3. The summed E-state index contributed by atoms with van der Waals surface area (Å²) in [6, 6.07) is 12.3. The number of nitrogens with zero attached hydrogens (tertiary/aromatic N) is 1. The number of nitrogens with one attached hydrogen (secondary N) is 2. The van der Waals surface area contributed by atoms with Gasteiger partial charge in [-0.2, -0.15) is 17.5 Å². The molecule has 1 amide bonds. The van der Waals surface area contributed by atoms with Crippen LogP contribution in [0.25, 0.3) is 0 Å². The summed E-state index contributed by atoms with van der Waals surface area (Å²) < 4.78 is 66.8. The highest BCUT2D eigenvalue weighted by atomic mass is 32.2. The Morgan fingerprint density at radius 2 is 1.73 bits per heavy atom. The van der Waals surface area contributed by atoms with E-state index in [-0.39, 0.29) is 31.6 Å². The van der Waals surface area contributed by atoms with Gasteiger partial charge >= 0.3 is 6.18 Å². The Morgan fingerprint density at radius 1 is 1.06 bits per heavy atom. The molecule has 1 fully saturated rings. The molecular formula is C23H27F3N3O3S+. The molecule has 2 aromatic carbocycles. The molecule has 0 radical (unpaired) electrons. The summed E-state index contributed by atoms with van der Waals surface area (Å²) in [6.45, 7) is 1.02. The minimum absolute atomic E-state index is 0.0256. The predicted octanol–water partition coefficient (Wildman–Crippen LogP) is 1.79. The van der Waals surface area contributed by atoms with Gasteiger partial charge in [0.15, 0.2) is 6.54 Å². The highest BCUT2D eigenvalue weighted by Gasteiger charge is 2.40. The van der Waals surface area contributed by atoms with Crippen LogP contribution in [0, 0.1) is 0 Å². The number of hydrogen-bond donors (Lipinski definition) is 2. The summed E-state index contributed by atoms with van der Waals surface area (Å²) in [5, 5.41) is 3.10. The third-order valence-electron chi connectivity index (χ3n) is 6.36. The third-order valence-corrected chi connectivity index (χ3v) is 8.31. The lowest BCUT2D eigenvalue weighted by Gasteiger charge is -2.32. The fraction of sp³-hybridized carbons (Fsp3) is 0.435. The highest BCUT2D eigenvalue weighted by Crippen LogP contribution is 2.35. The zero-order valence-electron chi connectivity index (χ0n) is 18.1. The maximum Gasteiger partial charge on any atom is 0.417 e. The van der Waals surface area contributed by atoms with Crippen molar-refractivity contribution in [3.63, 3.8) is 0 Å². The van der Waals surface area contributed by atoms with E-state index in [1.54, 1.807) is 0 Å². The van der Waals surface area contributed by atoms with E-state index in [9.17, 15) is 26.4 Å². The van der Waals surface area contributed by atoms with Gasteiger partial charge in [0, 0.05) is 0 Å². The number of fused-ring (bicyclic) bond motifs is 1. The van der Waals surface area contributed by atoms with Crippen molar-refractivity contribution in [3.05, 3.63) is 65.2 Å². The van der Waals surface area contributed by atoms with Gasteiger partial charge in [0.25, 0.3) is 5.91 Å². The molecule has 2 aromatic rings. The van der Waals surface area contributed by atoms with Crippen LogP contribution in [-0.4, -0.2) is 51.4 Å². The van der Waals surface area contributed by atoms with Crippen LogP contribution in [0.15, 0.2) is 53.4 Å². The van der Waals surface area contributed by atoms with Gasteiger partial charge in [-0.25, -0.2) is 8.42 Å². The van der Waals surface area contributed by atoms with Crippen LogP contribution in [0.5, 0.6) is 0 Å². The molecule has 0 bridgehead atoms. The second-order valence-corrected chi connectivity index (χ2v) is 10.4. The average Bonchev–Trinajstić information content (AvgIpc) is 2.79. The van der Waals surface area contributed by atoms with Crippen molar-refractivity contribution in [2.75, 3.05) is 32.7 Å². The molecule has 1 atom stereocenters. The first-order valence-corrected chi connectivity index (χ1v) is 12.5. The van der Waals surface area contributed by atoms with Crippen molar-refractivity contribution in [1.82, 2.24) is 9.62 Å². The van der Waals surface area contributed by atoms with Crippen molar-refractivity contribution < 1.29 is 31.3 Å². The molecule has 1 heterocycles. The fourth-order valence-corrected chi connectivity index (χ4v) is 6.31. The van der Waals surface area contributed by atoms with Crippen molar-refractivity contribution in [1.29, 1.82) is 0 Å². The minimum atomic E-state index is -4.76. The molecule has 6 nitrogen and oxygen atoms in total. The largest absolute Gasteiger partial charge is 0.417 e. The van der Waals surface area contributed by atoms with Crippen LogP contribution in [0.2, 0.25) is 0 Å². The van der Waals surface area contributed by atoms with Gasteiger partial charge < -0.3 is 10.2 Å². The summed E-state index contributed by atoms with van der Waals surface area (Å²) >= 11 is 0. The molecule has 10 heteroatoms. The molecule has 1 aliphatic carbocycles. The summed E-state index contributed by atoms with van der Waals surface area (Å²) in [5.74, 6) is -0.106. The smallest absolute Gasteiger partial charge is 0.344 e. The summed E-state index contributed by atoms with van der Waals surface area (Å²) in [7, 11) is -4.28. The van der Waals surface area contributed by atoms with E-state index in [0.29, 0.717) is 13.1 Å². The number of piperazine rings is 1. The van der Waals surface area contributed by atoms with Gasteiger partial charge in [0.05, 0.1) is 42.7 Å². The molecule has 2 aliphatic rings. The first kappa shape index (κ1) is 23.7. The number of aryl methyl sites for hydroxylation is 1. The van der Waals surface area contributed by atoms with E-state index < -0.39 is 26.7 Å². The maximum atomic E-state index is 13.3. The van der Waals surface area contributed by atoms with E-state index in [4.69, 9.17) is 0 Å². The summed E-state index contributed by atoms with van der Waals surface area (Å²) in [6.07, 6.45) is -1.87. The number of quaternary nitrogens is 1. The lowest BCUT2D eigenvalue weighted by atomic mass is 9.88. The number of alkyl halides is 3. The first-order valence-electron chi connectivity index (χ1n) is 11.0. The number of carbonyl (C=O) groups excluding carboxylic acids is 1. The molecular weight excluding hydrogens is 455 g/mol. The lowest BCUT2D eigenvalue weighted by Crippen LogP contribution is -3.15. The SMILES string of the molecule is O=C(C[NH+]1CCN(S(=O)(=O)c2ccccc2C(F)(F)F)CC1)N[C@H]1CCCc2ccccc21. The topological polar surface area (TPSA) is 70.9 Å². The number of amides is 1. The lowest BCUT2D eigenvalue weighted by molar-refractivity contribution is -0.895. The van der Waals surface area contributed by atoms with Gasteiger partial charge in [0.2, 0.25) is 10.0 Å². The van der Waals surface area contributed by atoms with E-state index in [1.807, 2.05) is 18.2 Å². The predicted molar refractivity (Wildman–Crippen MR) is 116 cm³/mol. The second kappa shape index (κ2) is 9.44. The van der Waals surface area contributed by atoms with Gasteiger partial charge in [-0.3, -0.25) is 4.79 Å². The Labute approximate surface area is 191 Å². The van der Waals surface area contributed by atoms with Gasteiger partial charge in [-0.15, -0.1) is 0 Å². The Hall–Kier alpha value is -2.43. The van der Waals surface area contributed by atoms with Crippen molar-refractivity contribution >= 4 is 15.9 Å². The maximum absolute atomic E-state index is 13.3. The molecule has 4 rings (SSSR count). The molecule has 2 N–H and O–H groups in total. The quantitative estimate of drug-likeness (QED) is 0.683. The zero-order chi connectivity index (χ0) is 23.6. The van der Waals surface area contributed by atoms with Gasteiger partial charge in [0.1, 0.15) is 0 Å². The highest BCUT2D eigenvalue weighted by molar-refractivity contribution is 7.89. The Bertz CT molecular complexity index is 1110. The van der Waals surface area contributed by atoms with Gasteiger partial charge in [-0.05, 0) is 42.5 Å². The number of sulfonamides is 1. The monoisotopic (exact) mass is 482 g/mol. The standard InChI is InChI=1S/C23H26F3N3O3S/c24-23(25,26)19-9-3-4-11-21(19)33(31,32)29-14-12-28(13-15-29)16-22(30)27-20-10-5-7-17-6-1-2-8-18(17)20/h1-4,6,8-9,11,20H,5,7,10,12-16H2,(H,27,30)/p+1/t20-/m0/s1. The van der Waals surface area contributed by atoms with Crippen LogP contribution >= 0.6 is 0 Å². The van der Waals surface area contributed by atoms with Crippen LogP contribution in [0.1, 0.15) is 35.6 Å². The number of carbonyl (C=O) groups is 1.